The molecule has 0 radical (unpaired) electrons. The van der Waals surface area contributed by atoms with Crippen molar-refractivity contribution in [2.24, 2.45) is 0 Å². The average Bonchev–Trinajstić information content (AvgIpc) is 2.72. The van der Waals surface area contributed by atoms with Crippen LogP contribution in [0.25, 0.3) is 0 Å². The molecule has 0 bridgehead atoms. The third-order valence-corrected chi connectivity index (χ3v) is 5.96. The first kappa shape index (κ1) is 26.6. The van der Waals surface area contributed by atoms with Crippen molar-refractivity contribution in [2.45, 2.75) is 83.3 Å². The fourth-order valence-corrected chi connectivity index (χ4v) is 4.80. The smallest absolute Gasteiger partial charge is 0.409 e. The van der Waals surface area contributed by atoms with Crippen molar-refractivity contribution in [1.82, 2.24) is 21.1 Å². The van der Waals surface area contributed by atoms with E-state index in [4.69, 9.17) is 4.74 Å². The summed E-state index contributed by atoms with van der Waals surface area (Å²) in [4.78, 5) is 38.3. The Hall–Kier alpha value is -2.65. The fourth-order valence-electron chi connectivity index (χ4n) is 4.80. The first-order valence-electron chi connectivity index (χ1n) is 11.5. The lowest BCUT2D eigenvalue weighted by atomic mass is 9.77. The molecule has 184 valence electrons. The number of para-hydroxylation sites is 1. The summed E-state index contributed by atoms with van der Waals surface area (Å²) < 4.78 is 5.01. The van der Waals surface area contributed by atoms with Gasteiger partial charge in [-0.25, -0.2) is 10.2 Å². The number of likely N-dealkylation sites (tertiary alicyclic amines) is 1. The van der Waals surface area contributed by atoms with Gasteiger partial charge in [0.15, 0.2) is 0 Å². The monoisotopic (exact) mass is 462 g/mol. The molecule has 1 aromatic rings. The van der Waals surface area contributed by atoms with Gasteiger partial charge in [-0.1, -0.05) is 18.2 Å². The molecule has 0 unspecified atom stereocenters. The van der Waals surface area contributed by atoms with E-state index < -0.39 is 6.09 Å². The molecule has 1 heterocycles. The second-order valence-corrected chi connectivity index (χ2v) is 9.76. The molecule has 0 spiro atoms. The van der Waals surface area contributed by atoms with Crippen LogP contribution in [0.5, 0.6) is 5.75 Å². The normalized spacial score (nSPS) is 17.7. The number of hydrazine groups is 1. The molecular formula is C24H38N4O5. The molecule has 2 rings (SSSR count). The van der Waals surface area contributed by atoms with Crippen LogP contribution in [0, 0.1) is 0 Å². The Kier molecular flexibility index (Phi) is 9.67. The zero-order chi connectivity index (χ0) is 24.5. The Bertz CT molecular complexity index is 779. The van der Waals surface area contributed by atoms with Gasteiger partial charge >= 0.3 is 6.09 Å². The number of nitrogens with zero attached hydrogens (tertiary/aromatic N) is 1. The van der Waals surface area contributed by atoms with Gasteiger partial charge in [0.05, 0.1) is 6.61 Å². The van der Waals surface area contributed by atoms with Gasteiger partial charge in [-0.15, -0.1) is 0 Å². The second kappa shape index (κ2) is 12.0. The van der Waals surface area contributed by atoms with Gasteiger partial charge in [-0.2, -0.15) is 0 Å². The Balaban J connectivity index is 1.64. The number of aliphatic hydroxyl groups excluding tert-OH is 1. The molecule has 0 atom stereocenters. The first-order chi connectivity index (χ1) is 15.5. The van der Waals surface area contributed by atoms with Crippen LogP contribution < -0.4 is 20.9 Å². The van der Waals surface area contributed by atoms with Gasteiger partial charge in [0.1, 0.15) is 5.75 Å². The van der Waals surface area contributed by atoms with Crippen molar-refractivity contribution in [3.05, 3.63) is 30.3 Å². The number of amides is 3. The molecule has 1 aromatic carbocycles. The Labute approximate surface area is 196 Å². The van der Waals surface area contributed by atoms with Gasteiger partial charge in [-0.3, -0.25) is 19.9 Å². The van der Waals surface area contributed by atoms with E-state index in [1.54, 1.807) is 30.3 Å². The highest BCUT2D eigenvalue weighted by molar-refractivity contribution is 5.80. The summed E-state index contributed by atoms with van der Waals surface area (Å²) in [5.41, 5.74) is 4.25. The molecule has 9 heteroatoms. The molecule has 4 N–H and O–H groups in total. The minimum atomic E-state index is -0.773. The predicted molar refractivity (Wildman–Crippen MR) is 125 cm³/mol. The zero-order valence-corrected chi connectivity index (χ0v) is 20.1. The number of benzene rings is 1. The lowest BCUT2D eigenvalue weighted by Crippen LogP contribution is -2.64. The van der Waals surface area contributed by atoms with Crippen LogP contribution in [-0.2, 0) is 9.59 Å². The molecule has 1 saturated heterocycles. The van der Waals surface area contributed by atoms with Crippen molar-refractivity contribution >= 4 is 17.9 Å². The van der Waals surface area contributed by atoms with Crippen molar-refractivity contribution in [3.63, 3.8) is 0 Å². The largest absolute Gasteiger partial charge is 0.431 e. The van der Waals surface area contributed by atoms with Gasteiger partial charge in [0.25, 0.3) is 0 Å². The lowest BCUT2D eigenvalue weighted by Gasteiger charge is -2.55. The Morgan fingerprint density at radius 2 is 1.55 bits per heavy atom. The number of rotatable bonds is 9. The van der Waals surface area contributed by atoms with E-state index in [0.717, 1.165) is 12.8 Å². The zero-order valence-electron chi connectivity index (χ0n) is 20.1. The van der Waals surface area contributed by atoms with Crippen molar-refractivity contribution in [2.75, 3.05) is 13.2 Å². The molecule has 1 aliphatic rings. The highest BCUT2D eigenvalue weighted by Crippen LogP contribution is 2.38. The number of carbonyl (C=O) groups is 3. The summed E-state index contributed by atoms with van der Waals surface area (Å²) >= 11 is 0. The number of piperidine rings is 1. The van der Waals surface area contributed by atoms with E-state index in [2.05, 4.69) is 48.8 Å². The molecule has 33 heavy (non-hydrogen) atoms. The quantitative estimate of drug-likeness (QED) is 0.331. The molecule has 0 aromatic heterocycles. The Morgan fingerprint density at radius 1 is 0.970 bits per heavy atom. The van der Waals surface area contributed by atoms with Crippen molar-refractivity contribution < 1.29 is 24.2 Å². The summed E-state index contributed by atoms with van der Waals surface area (Å²) in [6.45, 7) is 9.30. The van der Waals surface area contributed by atoms with E-state index in [0.29, 0.717) is 31.6 Å². The number of nitrogens with one attached hydrogen (secondary N) is 3. The van der Waals surface area contributed by atoms with Gasteiger partial charge in [-0.05, 0) is 65.5 Å². The maximum Gasteiger partial charge on any atom is 0.431 e. The molecule has 3 amide bonds. The fraction of sp³-hybridized carbons (Fsp3) is 0.625. The molecule has 1 aliphatic heterocycles. The van der Waals surface area contributed by atoms with Crippen LogP contribution in [0.1, 0.15) is 66.2 Å². The second-order valence-electron chi connectivity index (χ2n) is 9.76. The molecule has 9 nitrogen and oxygen atoms in total. The van der Waals surface area contributed by atoms with E-state index in [-0.39, 0.29) is 42.0 Å². The van der Waals surface area contributed by atoms with Crippen LogP contribution in [0.15, 0.2) is 30.3 Å². The van der Waals surface area contributed by atoms with Gasteiger partial charge < -0.3 is 15.2 Å². The van der Waals surface area contributed by atoms with Crippen LogP contribution in [0.3, 0.4) is 0 Å². The van der Waals surface area contributed by atoms with E-state index in [9.17, 15) is 19.5 Å². The van der Waals surface area contributed by atoms with Crippen LogP contribution in [0.2, 0.25) is 0 Å². The first-order valence-corrected chi connectivity index (χ1v) is 11.5. The van der Waals surface area contributed by atoms with Gasteiger partial charge in [0.2, 0.25) is 11.8 Å². The number of β-amino-alcohol motifs (C(OH)–C–C–N with tert-alkyl or cyclic N) is 1. The predicted octanol–water partition coefficient (Wildman–Crippen LogP) is 2.50. The van der Waals surface area contributed by atoms with Crippen molar-refractivity contribution in [1.29, 1.82) is 0 Å². The highest BCUT2D eigenvalue weighted by atomic mass is 16.6. The third-order valence-electron chi connectivity index (χ3n) is 5.96. The Morgan fingerprint density at radius 3 is 2.12 bits per heavy atom. The maximum atomic E-state index is 12.4. The minimum absolute atomic E-state index is 0.0211. The number of aliphatic hydroxyl groups is 1. The van der Waals surface area contributed by atoms with Crippen molar-refractivity contribution in [3.8, 4) is 5.75 Å². The minimum Gasteiger partial charge on any atom is -0.409 e. The molecular weight excluding hydrogens is 424 g/mol. The number of hydrogen-bond acceptors (Lipinski definition) is 6. The summed E-state index contributed by atoms with van der Waals surface area (Å²) in [5.74, 6) is 0.00783. The SMILES string of the molecule is CC1(C)CC(NC(=O)CCCCC(=O)NNC(=O)Oc2ccccc2)CC(C)(C)N1CCO. The average molecular weight is 463 g/mol. The van der Waals surface area contributed by atoms with Gasteiger partial charge in [0, 0.05) is 36.5 Å². The summed E-state index contributed by atoms with van der Waals surface area (Å²) in [6.07, 6.45) is 2.49. The topological polar surface area (TPSA) is 120 Å². The van der Waals surface area contributed by atoms with E-state index in [1.807, 2.05) is 0 Å². The standard InChI is InChI=1S/C24H38N4O5/c1-23(2)16-18(17-24(3,4)28(23)14-15-29)25-20(30)12-8-9-13-21(31)26-27-22(32)33-19-10-6-5-7-11-19/h5-7,10-11,18,29H,8-9,12-17H2,1-4H3,(H,25,30)(H,26,31)(H,27,32). The lowest BCUT2D eigenvalue weighted by molar-refractivity contribution is -0.125. The summed E-state index contributed by atoms with van der Waals surface area (Å²) in [6, 6.07) is 8.61. The van der Waals surface area contributed by atoms with Crippen LogP contribution in [-0.4, -0.2) is 58.2 Å². The number of unbranched alkanes of at least 4 members (excludes halogenated alkanes) is 1. The molecule has 1 fully saturated rings. The number of ether oxygens (including phenoxy) is 1. The molecule has 0 saturated carbocycles. The summed E-state index contributed by atoms with van der Waals surface area (Å²) in [5, 5.41) is 12.5. The van der Waals surface area contributed by atoms with E-state index in [1.165, 1.54) is 0 Å². The van der Waals surface area contributed by atoms with Crippen LogP contribution >= 0.6 is 0 Å². The summed E-state index contributed by atoms with van der Waals surface area (Å²) in [7, 11) is 0. The highest BCUT2D eigenvalue weighted by Gasteiger charge is 2.45. The van der Waals surface area contributed by atoms with E-state index >= 15 is 0 Å². The molecule has 0 aliphatic carbocycles. The maximum absolute atomic E-state index is 12.4. The number of hydrogen-bond donors (Lipinski definition) is 4. The number of carbonyl (C=O) groups excluding carboxylic acids is 3. The third kappa shape index (κ3) is 8.66. The van der Waals surface area contributed by atoms with Crippen LogP contribution in [0.4, 0.5) is 4.79 Å².